The van der Waals surface area contributed by atoms with Crippen molar-refractivity contribution in [2.45, 2.75) is 144 Å². The molecule has 0 amide bonds. The number of benzene rings is 1. The molecule has 4 heteroatoms. The predicted molar refractivity (Wildman–Crippen MR) is 153 cm³/mol. The van der Waals surface area contributed by atoms with Gasteiger partial charge in [-0.15, -0.1) is 0 Å². The van der Waals surface area contributed by atoms with E-state index >= 15 is 0 Å². The molecule has 0 heterocycles. The second-order valence-corrected chi connectivity index (χ2v) is 10.2. The van der Waals surface area contributed by atoms with Crippen LogP contribution in [0.2, 0.25) is 0 Å². The molecule has 0 bridgehead atoms. The van der Waals surface area contributed by atoms with Crippen LogP contribution in [0.25, 0.3) is 0 Å². The second kappa shape index (κ2) is 21.4. The zero-order valence-corrected chi connectivity index (χ0v) is 24.4. The van der Waals surface area contributed by atoms with Crippen LogP contribution in [0.15, 0.2) is 6.07 Å². The van der Waals surface area contributed by atoms with Gasteiger partial charge in [0.05, 0.1) is 19.8 Å². The van der Waals surface area contributed by atoms with Crippen LogP contribution in [0.3, 0.4) is 0 Å². The average molecular weight is 505 g/mol. The topological polar surface area (TPSA) is 44.8 Å². The lowest BCUT2D eigenvalue weighted by atomic mass is 9.96. The number of rotatable bonds is 24. The van der Waals surface area contributed by atoms with Gasteiger partial charge in [0.2, 0.25) is 5.75 Å². The molecule has 0 aromatic heterocycles. The summed E-state index contributed by atoms with van der Waals surface area (Å²) >= 11 is 0. The zero-order valence-electron chi connectivity index (χ0n) is 24.4. The number of Topliss-reactive ketones (excluding diaryl/α,β-unsaturated/α-hetero) is 1. The van der Waals surface area contributed by atoms with Crippen molar-refractivity contribution in [3.63, 3.8) is 0 Å². The Kier molecular flexibility index (Phi) is 19.2. The van der Waals surface area contributed by atoms with Crippen molar-refractivity contribution in [3.05, 3.63) is 17.2 Å². The van der Waals surface area contributed by atoms with Gasteiger partial charge in [-0.05, 0) is 45.1 Å². The van der Waals surface area contributed by atoms with Crippen LogP contribution in [0.5, 0.6) is 17.2 Å². The highest BCUT2D eigenvalue weighted by Gasteiger charge is 2.24. The molecule has 0 N–H and O–H groups in total. The van der Waals surface area contributed by atoms with E-state index in [4.69, 9.17) is 14.2 Å². The smallest absolute Gasteiger partial charge is 0.203 e. The van der Waals surface area contributed by atoms with Gasteiger partial charge in [-0.25, -0.2) is 0 Å². The summed E-state index contributed by atoms with van der Waals surface area (Å²) in [5, 5.41) is 0. The van der Waals surface area contributed by atoms with Gasteiger partial charge in [-0.3, -0.25) is 4.79 Å². The third kappa shape index (κ3) is 13.0. The van der Waals surface area contributed by atoms with Crippen molar-refractivity contribution in [2.75, 3.05) is 19.8 Å². The molecule has 0 aliphatic heterocycles. The van der Waals surface area contributed by atoms with Crippen LogP contribution in [0, 0.1) is 0 Å². The first-order valence-electron chi connectivity index (χ1n) is 15.2. The van der Waals surface area contributed by atoms with Crippen molar-refractivity contribution in [1.29, 1.82) is 0 Å². The minimum Gasteiger partial charge on any atom is -0.490 e. The van der Waals surface area contributed by atoms with Gasteiger partial charge in [0, 0.05) is 11.1 Å². The molecule has 0 atom stereocenters. The Hall–Kier alpha value is -1.71. The first kappa shape index (κ1) is 32.3. The van der Waals surface area contributed by atoms with Crippen molar-refractivity contribution >= 4 is 5.78 Å². The van der Waals surface area contributed by atoms with Crippen LogP contribution >= 0.6 is 0 Å². The lowest BCUT2D eigenvalue weighted by Gasteiger charge is -2.22. The number of ether oxygens (including phenoxy) is 3. The maximum absolute atomic E-state index is 12.8. The predicted octanol–water partition coefficient (Wildman–Crippen LogP) is 9.89. The normalized spacial score (nSPS) is 11.0. The molecule has 4 nitrogen and oxygen atoms in total. The van der Waals surface area contributed by atoms with Crippen LogP contribution in [0.4, 0.5) is 0 Å². The third-order valence-electron chi connectivity index (χ3n) is 6.71. The van der Waals surface area contributed by atoms with Crippen molar-refractivity contribution < 1.29 is 19.0 Å². The van der Waals surface area contributed by atoms with Crippen LogP contribution in [0.1, 0.15) is 153 Å². The highest BCUT2D eigenvalue weighted by molar-refractivity contribution is 5.97. The molecule has 0 saturated carbocycles. The van der Waals surface area contributed by atoms with Crippen LogP contribution in [-0.4, -0.2) is 25.6 Å². The molecular formula is C32H56O4. The summed E-state index contributed by atoms with van der Waals surface area (Å²) in [4.78, 5) is 12.8. The Morgan fingerprint density at radius 3 is 1.58 bits per heavy atom. The van der Waals surface area contributed by atoms with E-state index < -0.39 is 0 Å². The van der Waals surface area contributed by atoms with Crippen LogP contribution < -0.4 is 14.2 Å². The Balaban J connectivity index is 3.23. The summed E-state index contributed by atoms with van der Waals surface area (Å²) < 4.78 is 19.1. The standard InChI is InChI=1S/C32H56O4/c1-6-10-14-16-20-23-34-30-26-29(27(5)33)28(22-18-12-8-3)31(32(30)36-24-19-13-9-4)35-25-21-17-15-11-7-2/h26H,6-25H2,1-5H3. The molecule has 0 unspecified atom stereocenters. The second-order valence-electron chi connectivity index (χ2n) is 10.2. The van der Waals surface area contributed by atoms with Crippen molar-refractivity contribution in [2.24, 2.45) is 0 Å². The van der Waals surface area contributed by atoms with Crippen LogP contribution in [-0.2, 0) is 6.42 Å². The number of unbranched alkanes of at least 4 members (excludes halogenated alkanes) is 12. The number of carbonyl (C=O) groups is 1. The summed E-state index contributed by atoms with van der Waals surface area (Å²) in [7, 11) is 0. The van der Waals surface area contributed by atoms with E-state index in [0.717, 1.165) is 81.1 Å². The summed E-state index contributed by atoms with van der Waals surface area (Å²) in [6.07, 6.45) is 19.3. The SMILES string of the molecule is CCCCCCCOc1cc(C(C)=O)c(CCCCC)c(OCCCCCCC)c1OCCCCC. The monoisotopic (exact) mass is 504 g/mol. The van der Waals surface area contributed by atoms with E-state index in [2.05, 4.69) is 27.7 Å². The average Bonchev–Trinajstić information content (AvgIpc) is 2.87. The van der Waals surface area contributed by atoms with Crippen molar-refractivity contribution in [1.82, 2.24) is 0 Å². The number of ketones is 1. The van der Waals surface area contributed by atoms with Gasteiger partial charge in [0.25, 0.3) is 0 Å². The molecule has 1 rings (SSSR count). The highest BCUT2D eigenvalue weighted by Crippen LogP contribution is 2.44. The van der Waals surface area contributed by atoms with E-state index in [1.807, 2.05) is 6.07 Å². The van der Waals surface area contributed by atoms with Gasteiger partial charge >= 0.3 is 0 Å². The molecule has 36 heavy (non-hydrogen) atoms. The molecule has 208 valence electrons. The lowest BCUT2D eigenvalue weighted by Crippen LogP contribution is -2.11. The maximum Gasteiger partial charge on any atom is 0.203 e. The van der Waals surface area contributed by atoms with E-state index in [1.54, 1.807) is 6.92 Å². The van der Waals surface area contributed by atoms with Gasteiger partial charge in [0.1, 0.15) is 0 Å². The van der Waals surface area contributed by atoms with Crippen molar-refractivity contribution in [3.8, 4) is 17.2 Å². The zero-order chi connectivity index (χ0) is 26.4. The van der Waals surface area contributed by atoms with E-state index in [-0.39, 0.29) is 5.78 Å². The van der Waals surface area contributed by atoms with Gasteiger partial charge < -0.3 is 14.2 Å². The number of carbonyl (C=O) groups excluding carboxylic acids is 1. The molecule has 0 aliphatic carbocycles. The summed E-state index contributed by atoms with van der Waals surface area (Å²) in [5.41, 5.74) is 1.74. The summed E-state index contributed by atoms with van der Waals surface area (Å²) in [5.74, 6) is 2.21. The minimum atomic E-state index is 0.0691. The molecule has 0 spiro atoms. The minimum absolute atomic E-state index is 0.0691. The fourth-order valence-electron chi connectivity index (χ4n) is 4.46. The first-order chi connectivity index (χ1) is 17.6. The molecule has 0 saturated heterocycles. The Bertz CT molecular complexity index is 698. The molecular weight excluding hydrogens is 448 g/mol. The quantitative estimate of drug-likeness (QED) is 0.104. The van der Waals surface area contributed by atoms with Gasteiger partial charge in [-0.1, -0.05) is 105 Å². The Morgan fingerprint density at radius 1 is 0.583 bits per heavy atom. The van der Waals surface area contributed by atoms with Gasteiger partial charge in [-0.2, -0.15) is 0 Å². The fourth-order valence-corrected chi connectivity index (χ4v) is 4.46. The Morgan fingerprint density at radius 2 is 1.03 bits per heavy atom. The molecule has 1 aromatic rings. The number of hydrogen-bond donors (Lipinski definition) is 0. The summed E-state index contributed by atoms with van der Waals surface area (Å²) in [6.45, 7) is 12.5. The lowest BCUT2D eigenvalue weighted by molar-refractivity contribution is 0.101. The fraction of sp³-hybridized carbons (Fsp3) is 0.781. The van der Waals surface area contributed by atoms with Gasteiger partial charge in [0.15, 0.2) is 17.3 Å². The first-order valence-corrected chi connectivity index (χ1v) is 15.2. The van der Waals surface area contributed by atoms with E-state index in [9.17, 15) is 4.79 Å². The Labute approximate surface area is 222 Å². The largest absolute Gasteiger partial charge is 0.490 e. The summed E-state index contributed by atoms with van der Waals surface area (Å²) in [6, 6.07) is 1.93. The molecule has 1 aromatic carbocycles. The molecule has 0 fully saturated rings. The van der Waals surface area contributed by atoms with E-state index in [0.29, 0.717) is 31.3 Å². The third-order valence-corrected chi connectivity index (χ3v) is 6.71. The maximum atomic E-state index is 12.8. The molecule has 0 aliphatic rings. The van der Waals surface area contributed by atoms with E-state index in [1.165, 1.54) is 44.9 Å². The number of hydrogen-bond acceptors (Lipinski definition) is 4. The molecule has 0 radical (unpaired) electrons. The highest BCUT2D eigenvalue weighted by atomic mass is 16.5.